The zero-order chi connectivity index (χ0) is 13.8. The number of ether oxygens (including phenoxy) is 1. The van der Waals surface area contributed by atoms with Gasteiger partial charge in [-0.15, -0.1) is 0 Å². The Morgan fingerprint density at radius 2 is 1.89 bits per heavy atom. The lowest BCUT2D eigenvalue weighted by molar-refractivity contribution is 0.0613. The highest BCUT2D eigenvalue weighted by atomic mass is 79.9. The molecular formula is C15H23BrN2O. The van der Waals surface area contributed by atoms with Crippen molar-refractivity contribution in [3.63, 3.8) is 0 Å². The Morgan fingerprint density at radius 3 is 2.42 bits per heavy atom. The number of nitrogens with one attached hydrogen (secondary N) is 1. The van der Waals surface area contributed by atoms with Gasteiger partial charge in [0.1, 0.15) is 0 Å². The van der Waals surface area contributed by atoms with Crippen LogP contribution in [0.2, 0.25) is 0 Å². The summed E-state index contributed by atoms with van der Waals surface area (Å²) in [5.41, 5.74) is 9.62. The fourth-order valence-corrected chi connectivity index (χ4v) is 2.96. The number of hydrogen-bond acceptors (Lipinski definition) is 3. The molecule has 1 atom stereocenters. The second-order valence-electron chi connectivity index (χ2n) is 5.36. The molecule has 1 aliphatic rings. The molecule has 0 spiro atoms. The van der Waals surface area contributed by atoms with Gasteiger partial charge in [0.15, 0.2) is 0 Å². The molecule has 0 radical (unpaired) electrons. The van der Waals surface area contributed by atoms with Gasteiger partial charge in [0.05, 0.1) is 0 Å². The van der Waals surface area contributed by atoms with E-state index in [1.54, 1.807) is 0 Å². The van der Waals surface area contributed by atoms with Crippen molar-refractivity contribution >= 4 is 21.6 Å². The zero-order valence-electron chi connectivity index (χ0n) is 11.7. The van der Waals surface area contributed by atoms with E-state index in [2.05, 4.69) is 47.2 Å². The normalized spacial score (nSPS) is 18.3. The van der Waals surface area contributed by atoms with Gasteiger partial charge in [0.2, 0.25) is 0 Å². The minimum absolute atomic E-state index is 0.337. The average molecular weight is 327 g/mol. The van der Waals surface area contributed by atoms with E-state index in [0.717, 1.165) is 26.1 Å². The minimum Gasteiger partial charge on any atom is -0.381 e. The predicted molar refractivity (Wildman–Crippen MR) is 83.6 cm³/mol. The summed E-state index contributed by atoms with van der Waals surface area (Å²) in [6.45, 7) is 6.63. The fraction of sp³-hybridized carbons (Fsp3) is 0.600. The van der Waals surface area contributed by atoms with Crippen molar-refractivity contribution < 1.29 is 4.74 Å². The summed E-state index contributed by atoms with van der Waals surface area (Å²) in [6, 6.07) is 4.70. The molecule has 1 fully saturated rings. The molecule has 3 nitrogen and oxygen atoms in total. The molecule has 1 saturated heterocycles. The second-order valence-corrected chi connectivity index (χ2v) is 6.15. The van der Waals surface area contributed by atoms with Crippen LogP contribution in [0, 0.1) is 19.8 Å². The lowest BCUT2D eigenvalue weighted by Gasteiger charge is -2.31. The smallest absolute Gasteiger partial charge is 0.0469 e. The minimum atomic E-state index is 0.337. The lowest BCUT2D eigenvalue weighted by atomic mass is 9.91. The van der Waals surface area contributed by atoms with Crippen LogP contribution in [0.3, 0.4) is 0 Å². The van der Waals surface area contributed by atoms with Crippen LogP contribution in [0.1, 0.15) is 24.0 Å². The fourth-order valence-electron chi connectivity index (χ4n) is 2.73. The number of rotatable bonds is 4. The number of aryl methyl sites for hydroxylation is 2. The largest absolute Gasteiger partial charge is 0.381 e. The van der Waals surface area contributed by atoms with E-state index < -0.39 is 0 Å². The van der Waals surface area contributed by atoms with Gasteiger partial charge >= 0.3 is 0 Å². The molecule has 3 N–H and O–H groups in total. The standard InChI is InChI=1S/C15H23BrN2O/c1-10-7-13(8-11(2)15(10)16)18-14(9-17)12-3-5-19-6-4-12/h7-8,12,14,18H,3-6,9,17H2,1-2H3. The number of nitrogens with two attached hydrogens (primary N) is 1. The van der Waals surface area contributed by atoms with Crippen LogP contribution in [0.15, 0.2) is 16.6 Å². The molecule has 0 aliphatic carbocycles. The van der Waals surface area contributed by atoms with Gasteiger partial charge in [0, 0.05) is 36.0 Å². The molecule has 0 bridgehead atoms. The molecule has 0 saturated carbocycles. The SMILES string of the molecule is Cc1cc(NC(CN)C2CCOCC2)cc(C)c1Br. The molecule has 2 rings (SSSR count). The predicted octanol–water partition coefficient (Wildman–Crippen LogP) is 3.23. The summed E-state index contributed by atoms with van der Waals surface area (Å²) in [7, 11) is 0. The third-order valence-electron chi connectivity index (χ3n) is 3.88. The summed E-state index contributed by atoms with van der Waals surface area (Å²) in [5, 5.41) is 3.61. The van der Waals surface area contributed by atoms with Crippen LogP contribution < -0.4 is 11.1 Å². The number of benzene rings is 1. The second kappa shape index (κ2) is 6.73. The highest BCUT2D eigenvalue weighted by Crippen LogP contribution is 2.27. The average Bonchev–Trinajstić information content (AvgIpc) is 2.43. The van der Waals surface area contributed by atoms with Gasteiger partial charge < -0.3 is 15.8 Å². The molecule has 0 amide bonds. The van der Waals surface area contributed by atoms with E-state index >= 15 is 0 Å². The van der Waals surface area contributed by atoms with E-state index in [-0.39, 0.29) is 0 Å². The van der Waals surface area contributed by atoms with Crippen LogP contribution in [-0.2, 0) is 4.74 Å². The van der Waals surface area contributed by atoms with Crippen LogP contribution in [0.5, 0.6) is 0 Å². The van der Waals surface area contributed by atoms with Crippen LogP contribution in [-0.4, -0.2) is 25.8 Å². The summed E-state index contributed by atoms with van der Waals surface area (Å²) in [6.07, 6.45) is 2.20. The first-order chi connectivity index (χ1) is 9.11. The van der Waals surface area contributed by atoms with E-state index in [1.807, 2.05) is 0 Å². The van der Waals surface area contributed by atoms with Gasteiger partial charge in [-0.05, 0) is 55.9 Å². The maximum atomic E-state index is 5.94. The first-order valence-electron chi connectivity index (χ1n) is 6.93. The summed E-state index contributed by atoms with van der Waals surface area (Å²) in [5.74, 6) is 0.614. The maximum Gasteiger partial charge on any atom is 0.0469 e. The first-order valence-corrected chi connectivity index (χ1v) is 7.72. The topological polar surface area (TPSA) is 47.3 Å². The molecule has 0 aromatic heterocycles. The molecule has 1 aliphatic heterocycles. The van der Waals surface area contributed by atoms with E-state index in [0.29, 0.717) is 18.5 Å². The Morgan fingerprint density at radius 1 is 1.32 bits per heavy atom. The Balaban J connectivity index is 2.09. The number of hydrogen-bond donors (Lipinski definition) is 2. The zero-order valence-corrected chi connectivity index (χ0v) is 13.3. The number of halogens is 1. The summed E-state index contributed by atoms with van der Waals surface area (Å²) < 4.78 is 6.61. The van der Waals surface area contributed by atoms with E-state index in [4.69, 9.17) is 10.5 Å². The first kappa shape index (κ1) is 14.8. The third-order valence-corrected chi connectivity index (χ3v) is 5.13. The third kappa shape index (κ3) is 3.71. The van der Waals surface area contributed by atoms with Gasteiger partial charge in [-0.25, -0.2) is 0 Å². The highest BCUT2D eigenvalue weighted by Gasteiger charge is 2.23. The van der Waals surface area contributed by atoms with E-state index in [9.17, 15) is 0 Å². The summed E-state index contributed by atoms with van der Waals surface area (Å²) >= 11 is 3.60. The molecule has 4 heteroatoms. The molecule has 1 aromatic carbocycles. The lowest BCUT2D eigenvalue weighted by Crippen LogP contribution is -2.39. The summed E-state index contributed by atoms with van der Waals surface area (Å²) in [4.78, 5) is 0. The monoisotopic (exact) mass is 326 g/mol. The van der Waals surface area contributed by atoms with Gasteiger partial charge in [-0.1, -0.05) is 15.9 Å². The molecule has 106 valence electrons. The van der Waals surface area contributed by atoms with Crippen LogP contribution in [0.4, 0.5) is 5.69 Å². The van der Waals surface area contributed by atoms with E-state index in [1.165, 1.54) is 21.3 Å². The van der Waals surface area contributed by atoms with Crippen molar-refractivity contribution in [1.82, 2.24) is 0 Å². The van der Waals surface area contributed by atoms with Crippen molar-refractivity contribution in [1.29, 1.82) is 0 Å². The van der Waals surface area contributed by atoms with Crippen LogP contribution in [0.25, 0.3) is 0 Å². The van der Waals surface area contributed by atoms with Crippen molar-refractivity contribution in [2.75, 3.05) is 25.1 Å². The van der Waals surface area contributed by atoms with Crippen molar-refractivity contribution in [2.24, 2.45) is 11.7 Å². The Kier molecular flexibility index (Phi) is 5.25. The Labute approximate surface area is 124 Å². The molecule has 19 heavy (non-hydrogen) atoms. The Bertz CT molecular complexity index is 407. The molecule has 1 aromatic rings. The van der Waals surface area contributed by atoms with Crippen molar-refractivity contribution in [3.05, 3.63) is 27.7 Å². The van der Waals surface area contributed by atoms with Gasteiger partial charge in [-0.3, -0.25) is 0 Å². The van der Waals surface area contributed by atoms with Crippen molar-refractivity contribution in [3.8, 4) is 0 Å². The molecule has 1 unspecified atom stereocenters. The molecular weight excluding hydrogens is 304 g/mol. The number of anilines is 1. The van der Waals surface area contributed by atoms with Crippen molar-refractivity contribution in [2.45, 2.75) is 32.7 Å². The maximum absolute atomic E-state index is 5.94. The van der Waals surface area contributed by atoms with Gasteiger partial charge in [0.25, 0.3) is 0 Å². The van der Waals surface area contributed by atoms with Crippen LogP contribution >= 0.6 is 15.9 Å². The molecule has 1 heterocycles. The van der Waals surface area contributed by atoms with Gasteiger partial charge in [-0.2, -0.15) is 0 Å². The quantitative estimate of drug-likeness (QED) is 0.893. The Hall–Kier alpha value is -0.580. The highest BCUT2D eigenvalue weighted by molar-refractivity contribution is 9.10.